The molecule has 3 aromatic rings. The maximum Gasteiger partial charge on any atom is 0.283 e. The van der Waals surface area contributed by atoms with E-state index in [1.54, 1.807) is 42.5 Å². The molecule has 0 unspecified atom stereocenters. The fraction of sp³-hybridized carbons (Fsp3) is 0.115. The van der Waals surface area contributed by atoms with E-state index in [9.17, 15) is 14.4 Å². The number of nitrogens with one attached hydrogen (secondary N) is 2. The van der Waals surface area contributed by atoms with Gasteiger partial charge in [-0.3, -0.25) is 14.4 Å². The van der Waals surface area contributed by atoms with Crippen LogP contribution in [0.15, 0.2) is 83.5 Å². The molecule has 172 valence electrons. The zero-order valence-electron chi connectivity index (χ0n) is 18.3. The Morgan fingerprint density at radius 2 is 1.62 bits per heavy atom. The first kappa shape index (κ1) is 23.5. The van der Waals surface area contributed by atoms with E-state index in [4.69, 9.17) is 23.2 Å². The predicted molar refractivity (Wildman–Crippen MR) is 134 cm³/mol. The molecule has 6 nitrogen and oxygen atoms in total. The highest BCUT2D eigenvalue weighted by Crippen LogP contribution is 2.31. The van der Waals surface area contributed by atoms with E-state index in [2.05, 4.69) is 10.6 Å². The topological polar surface area (TPSA) is 78.5 Å². The van der Waals surface area contributed by atoms with Crippen molar-refractivity contribution in [2.24, 2.45) is 0 Å². The van der Waals surface area contributed by atoms with Gasteiger partial charge < -0.3 is 10.6 Å². The second kappa shape index (κ2) is 10.1. The van der Waals surface area contributed by atoms with Crippen LogP contribution in [0.2, 0.25) is 5.02 Å². The molecule has 4 rings (SSSR count). The lowest BCUT2D eigenvalue weighted by atomic mass is 10.1. The molecule has 1 aliphatic heterocycles. The summed E-state index contributed by atoms with van der Waals surface area (Å²) in [7, 11) is 0. The minimum absolute atomic E-state index is 0.0497. The average molecular weight is 494 g/mol. The fourth-order valence-electron chi connectivity index (χ4n) is 3.54. The van der Waals surface area contributed by atoms with Crippen LogP contribution in [0.3, 0.4) is 0 Å². The molecule has 0 radical (unpaired) electrons. The minimum Gasteiger partial charge on any atom is -0.352 e. The number of carbonyl (C=O) groups excluding carboxylic acids is 3. The van der Waals surface area contributed by atoms with Crippen LogP contribution < -0.4 is 15.5 Å². The van der Waals surface area contributed by atoms with Crippen LogP contribution in [0.5, 0.6) is 0 Å². The van der Waals surface area contributed by atoms with E-state index in [1.165, 1.54) is 0 Å². The predicted octanol–water partition coefficient (Wildman–Crippen LogP) is 5.06. The molecular formula is C26H21Cl2N3O3. The molecule has 0 aromatic heterocycles. The molecule has 0 fully saturated rings. The van der Waals surface area contributed by atoms with Gasteiger partial charge >= 0.3 is 0 Å². The van der Waals surface area contributed by atoms with Crippen molar-refractivity contribution in [3.63, 3.8) is 0 Å². The first-order valence-corrected chi connectivity index (χ1v) is 11.3. The van der Waals surface area contributed by atoms with Gasteiger partial charge in [0.25, 0.3) is 17.7 Å². The summed E-state index contributed by atoms with van der Waals surface area (Å²) in [5.41, 5.74) is 3.14. The maximum atomic E-state index is 13.0. The SMILES string of the molecule is Cc1ccc(C(=O)NCCc2ccccc2)cc1NC1=C(Cl)C(=O)N(c2ccc(Cl)cc2)C1=O. The first-order valence-electron chi connectivity index (χ1n) is 10.6. The summed E-state index contributed by atoms with van der Waals surface area (Å²) in [4.78, 5) is 39.3. The number of aryl methyl sites for hydroxylation is 1. The van der Waals surface area contributed by atoms with Crippen molar-refractivity contribution in [3.8, 4) is 0 Å². The van der Waals surface area contributed by atoms with Gasteiger partial charge in [0.1, 0.15) is 10.7 Å². The lowest BCUT2D eigenvalue weighted by Gasteiger charge is -2.16. The smallest absolute Gasteiger partial charge is 0.283 e. The summed E-state index contributed by atoms with van der Waals surface area (Å²) in [6, 6.07) is 21.3. The molecule has 8 heteroatoms. The summed E-state index contributed by atoms with van der Waals surface area (Å²) in [6.45, 7) is 2.31. The van der Waals surface area contributed by atoms with Gasteiger partial charge in [-0.2, -0.15) is 0 Å². The van der Waals surface area contributed by atoms with Crippen LogP contribution in [0.1, 0.15) is 21.5 Å². The number of benzene rings is 3. The van der Waals surface area contributed by atoms with Crippen LogP contribution >= 0.6 is 23.2 Å². The third kappa shape index (κ3) is 4.98. The van der Waals surface area contributed by atoms with Crippen molar-refractivity contribution in [3.05, 3.63) is 105 Å². The maximum absolute atomic E-state index is 13.0. The van der Waals surface area contributed by atoms with Gasteiger partial charge in [0, 0.05) is 22.8 Å². The summed E-state index contributed by atoms with van der Waals surface area (Å²) in [5, 5.41) is 6.11. The Hall–Kier alpha value is -3.61. The van der Waals surface area contributed by atoms with E-state index in [0.29, 0.717) is 34.9 Å². The lowest BCUT2D eigenvalue weighted by Crippen LogP contribution is -2.32. The number of imide groups is 1. The van der Waals surface area contributed by atoms with Crippen LogP contribution in [0, 0.1) is 6.92 Å². The molecule has 2 N–H and O–H groups in total. The van der Waals surface area contributed by atoms with Crippen LogP contribution in [0.4, 0.5) is 11.4 Å². The van der Waals surface area contributed by atoms with Gasteiger partial charge in [-0.1, -0.05) is 59.6 Å². The fourth-order valence-corrected chi connectivity index (χ4v) is 3.87. The van der Waals surface area contributed by atoms with Crippen molar-refractivity contribution < 1.29 is 14.4 Å². The summed E-state index contributed by atoms with van der Waals surface area (Å²) < 4.78 is 0. The van der Waals surface area contributed by atoms with Crippen molar-refractivity contribution in [2.75, 3.05) is 16.8 Å². The Labute approximate surface area is 207 Å². The summed E-state index contributed by atoms with van der Waals surface area (Å²) in [6.07, 6.45) is 0.711. The lowest BCUT2D eigenvalue weighted by molar-refractivity contribution is -0.120. The summed E-state index contributed by atoms with van der Waals surface area (Å²) >= 11 is 12.1. The third-order valence-electron chi connectivity index (χ3n) is 5.41. The van der Waals surface area contributed by atoms with Crippen LogP contribution in [-0.4, -0.2) is 24.3 Å². The number of carbonyl (C=O) groups is 3. The van der Waals surface area contributed by atoms with E-state index in [1.807, 2.05) is 37.3 Å². The molecule has 0 spiro atoms. The van der Waals surface area contributed by atoms with E-state index < -0.39 is 11.8 Å². The average Bonchev–Trinajstić information content (AvgIpc) is 3.04. The number of halogens is 2. The van der Waals surface area contributed by atoms with E-state index in [-0.39, 0.29) is 16.6 Å². The normalized spacial score (nSPS) is 13.4. The quantitative estimate of drug-likeness (QED) is 0.451. The van der Waals surface area contributed by atoms with Gasteiger partial charge in [0.05, 0.1) is 5.69 Å². The van der Waals surface area contributed by atoms with Crippen molar-refractivity contribution >= 4 is 52.3 Å². The Kier molecular flexibility index (Phi) is 7.01. The van der Waals surface area contributed by atoms with Gasteiger partial charge in [-0.05, 0) is 60.9 Å². The van der Waals surface area contributed by atoms with E-state index in [0.717, 1.165) is 16.0 Å². The molecule has 34 heavy (non-hydrogen) atoms. The molecule has 1 aliphatic rings. The minimum atomic E-state index is -0.635. The molecular weight excluding hydrogens is 473 g/mol. The second-order valence-corrected chi connectivity index (χ2v) is 8.57. The van der Waals surface area contributed by atoms with Crippen molar-refractivity contribution in [1.29, 1.82) is 0 Å². The van der Waals surface area contributed by atoms with Crippen molar-refractivity contribution in [2.45, 2.75) is 13.3 Å². The van der Waals surface area contributed by atoms with E-state index >= 15 is 0 Å². The highest BCUT2D eigenvalue weighted by atomic mass is 35.5. The largest absolute Gasteiger partial charge is 0.352 e. The molecule has 0 bridgehead atoms. The zero-order chi connectivity index (χ0) is 24.2. The van der Waals surface area contributed by atoms with Gasteiger partial charge in [-0.15, -0.1) is 0 Å². The first-order chi connectivity index (χ1) is 16.3. The number of hydrogen-bond donors (Lipinski definition) is 2. The van der Waals surface area contributed by atoms with Crippen LogP contribution in [-0.2, 0) is 16.0 Å². The molecule has 1 heterocycles. The molecule has 0 saturated carbocycles. The number of hydrogen-bond acceptors (Lipinski definition) is 4. The van der Waals surface area contributed by atoms with Gasteiger partial charge in [0.15, 0.2) is 0 Å². The Bertz CT molecular complexity index is 1290. The Morgan fingerprint density at radius 1 is 0.912 bits per heavy atom. The number of nitrogens with zero attached hydrogens (tertiary/aromatic N) is 1. The zero-order valence-corrected chi connectivity index (χ0v) is 19.8. The van der Waals surface area contributed by atoms with Crippen LogP contribution in [0.25, 0.3) is 0 Å². The number of rotatable bonds is 7. The Morgan fingerprint density at radius 3 is 2.32 bits per heavy atom. The molecule has 3 aromatic carbocycles. The van der Waals surface area contributed by atoms with Gasteiger partial charge in [0.2, 0.25) is 0 Å². The highest BCUT2D eigenvalue weighted by molar-refractivity contribution is 6.53. The third-order valence-corrected chi connectivity index (χ3v) is 6.02. The number of anilines is 2. The highest BCUT2D eigenvalue weighted by Gasteiger charge is 2.39. The standard InChI is InChI=1S/C26H21Cl2N3O3/c1-16-7-8-18(24(32)29-14-13-17-5-3-2-4-6-17)15-21(16)30-23-22(28)25(33)31(26(23)34)20-11-9-19(27)10-12-20/h2-12,15,30H,13-14H2,1H3,(H,29,32). The monoisotopic (exact) mass is 493 g/mol. The summed E-state index contributed by atoms with van der Waals surface area (Å²) in [5.74, 6) is -1.46. The molecule has 0 aliphatic carbocycles. The molecule has 0 atom stereocenters. The molecule has 0 saturated heterocycles. The van der Waals surface area contributed by atoms with Gasteiger partial charge in [-0.25, -0.2) is 4.90 Å². The molecule has 3 amide bonds. The van der Waals surface area contributed by atoms with Crippen molar-refractivity contribution in [1.82, 2.24) is 5.32 Å². The second-order valence-electron chi connectivity index (χ2n) is 7.76. The Balaban J connectivity index is 1.48. The number of amides is 3.